The molecule has 5 heteroatoms. The van der Waals surface area contributed by atoms with E-state index >= 15 is 0 Å². The van der Waals surface area contributed by atoms with Gasteiger partial charge in [-0.15, -0.1) is 0 Å². The van der Waals surface area contributed by atoms with Gasteiger partial charge in [0.15, 0.2) is 5.96 Å². The number of aromatic nitrogens is 1. The average molecular weight is 378 g/mol. The number of pyridine rings is 1. The molecule has 0 amide bonds. The second-order valence-corrected chi connectivity index (χ2v) is 7.13. The molecular formula is C23H31N5. The zero-order valence-corrected chi connectivity index (χ0v) is 17.0. The highest BCUT2D eigenvalue weighted by Crippen LogP contribution is 2.07. The van der Waals surface area contributed by atoms with Crippen LogP contribution in [-0.4, -0.2) is 67.1 Å². The maximum absolute atomic E-state index is 4.48. The van der Waals surface area contributed by atoms with Gasteiger partial charge < -0.3 is 10.2 Å². The van der Waals surface area contributed by atoms with Gasteiger partial charge in [-0.3, -0.25) is 14.9 Å². The first-order chi connectivity index (χ1) is 13.8. The van der Waals surface area contributed by atoms with Crippen molar-refractivity contribution in [2.75, 3.05) is 46.3 Å². The van der Waals surface area contributed by atoms with E-state index in [9.17, 15) is 0 Å². The molecule has 0 spiro atoms. The lowest BCUT2D eigenvalue weighted by Gasteiger charge is -2.36. The number of aliphatic imine (C=N–C) groups is 1. The number of nitrogens with zero attached hydrogens (tertiary/aromatic N) is 4. The van der Waals surface area contributed by atoms with Gasteiger partial charge in [0.2, 0.25) is 0 Å². The molecule has 0 bridgehead atoms. The number of guanidine groups is 1. The van der Waals surface area contributed by atoms with Gasteiger partial charge in [0.05, 0.1) is 0 Å². The first-order valence-corrected chi connectivity index (χ1v) is 10.1. The Morgan fingerprint density at radius 2 is 1.93 bits per heavy atom. The lowest BCUT2D eigenvalue weighted by atomic mass is 10.1. The van der Waals surface area contributed by atoms with E-state index in [4.69, 9.17) is 0 Å². The quantitative estimate of drug-likeness (QED) is 0.621. The molecule has 148 valence electrons. The molecule has 1 fully saturated rings. The summed E-state index contributed by atoms with van der Waals surface area (Å²) in [4.78, 5) is 13.5. The van der Waals surface area contributed by atoms with Crippen molar-refractivity contribution in [2.45, 2.75) is 13.3 Å². The molecule has 1 saturated heterocycles. The summed E-state index contributed by atoms with van der Waals surface area (Å²) in [5, 5.41) is 3.52. The summed E-state index contributed by atoms with van der Waals surface area (Å²) < 4.78 is 0. The van der Waals surface area contributed by atoms with Gasteiger partial charge in [0.1, 0.15) is 0 Å². The van der Waals surface area contributed by atoms with Crippen LogP contribution in [0.1, 0.15) is 16.7 Å². The smallest absolute Gasteiger partial charge is 0.193 e. The fourth-order valence-electron chi connectivity index (χ4n) is 3.47. The molecule has 1 N–H and O–H groups in total. The normalized spacial score (nSPS) is 15.9. The van der Waals surface area contributed by atoms with Crippen LogP contribution in [0.4, 0.5) is 0 Å². The number of aryl methyl sites for hydroxylation is 1. The summed E-state index contributed by atoms with van der Waals surface area (Å²) in [6.07, 6.45) is 9.24. The van der Waals surface area contributed by atoms with Crippen molar-refractivity contribution in [1.82, 2.24) is 20.1 Å². The summed E-state index contributed by atoms with van der Waals surface area (Å²) in [5.74, 6) is 1.01. The second-order valence-electron chi connectivity index (χ2n) is 7.13. The summed E-state index contributed by atoms with van der Waals surface area (Å²) >= 11 is 0. The van der Waals surface area contributed by atoms with E-state index in [-0.39, 0.29) is 0 Å². The zero-order chi connectivity index (χ0) is 19.6. The van der Waals surface area contributed by atoms with E-state index in [0.717, 1.165) is 51.6 Å². The van der Waals surface area contributed by atoms with E-state index < -0.39 is 0 Å². The highest BCUT2D eigenvalue weighted by Gasteiger charge is 2.18. The number of benzene rings is 1. The van der Waals surface area contributed by atoms with Crippen LogP contribution in [-0.2, 0) is 6.42 Å². The molecular weight excluding hydrogens is 346 g/mol. The Kier molecular flexibility index (Phi) is 7.62. The van der Waals surface area contributed by atoms with Gasteiger partial charge in [-0.25, -0.2) is 0 Å². The number of rotatable bonds is 6. The van der Waals surface area contributed by atoms with E-state index in [0.29, 0.717) is 0 Å². The van der Waals surface area contributed by atoms with Crippen LogP contribution in [0.3, 0.4) is 0 Å². The Labute approximate surface area is 168 Å². The predicted molar refractivity (Wildman–Crippen MR) is 118 cm³/mol. The Balaban J connectivity index is 1.40. The first kappa shape index (κ1) is 20.1. The maximum Gasteiger partial charge on any atom is 0.193 e. The van der Waals surface area contributed by atoms with Crippen molar-refractivity contribution in [3.63, 3.8) is 0 Å². The van der Waals surface area contributed by atoms with Crippen molar-refractivity contribution in [2.24, 2.45) is 4.99 Å². The third kappa shape index (κ3) is 5.92. The van der Waals surface area contributed by atoms with Crippen LogP contribution in [0, 0.1) is 6.92 Å². The summed E-state index contributed by atoms with van der Waals surface area (Å²) in [6.45, 7) is 8.13. The number of hydrogen-bond donors (Lipinski definition) is 1. The van der Waals surface area contributed by atoms with Gasteiger partial charge >= 0.3 is 0 Å². The molecule has 0 atom stereocenters. The SMILES string of the molecule is CN=C(NCCc1ccncc1C)N1CCN(C/C=C/c2ccccc2)CC1. The minimum absolute atomic E-state index is 0.886. The largest absolute Gasteiger partial charge is 0.356 e. The van der Waals surface area contributed by atoms with Crippen molar-refractivity contribution in [1.29, 1.82) is 0 Å². The lowest BCUT2D eigenvalue weighted by molar-refractivity contribution is 0.194. The minimum atomic E-state index is 0.886. The van der Waals surface area contributed by atoms with E-state index in [2.05, 4.69) is 80.6 Å². The fourth-order valence-corrected chi connectivity index (χ4v) is 3.47. The highest BCUT2D eigenvalue weighted by molar-refractivity contribution is 5.80. The van der Waals surface area contributed by atoms with Crippen LogP contribution >= 0.6 is 0 Å². The molecule has 28 heavy (non-hydrogen) atoms. The molecule has 1 aromatic heterocycles. The standard InChI is InChI=1S/C23H31N5/c1-20-19-25-12-10-22(20)11-13-26-23(24-2)28-17-15-27(16-18-28)14-6-9-21-7-4-3-5-8-21/h3-10,12,19H,11,13-18H2,1-2H3,(H,24,26)/b9-6+. The molecule has 0 saturated carbocycles. The lowest BCUT2D eigenvalue weighted by Crippen LogP contribution is -2.52. The molecule has 0 radical (unpaired) electrons. The highest BCUT2D eigenvalue weighted by atomic mass is 15.3. The summed E-state index contributed by atoms with van der Waals surface area (Å²) in [7, 11) is 1.87. The van der Waals surface area contributed by atoms with Crippen molar-refractivity contribution in [3.8, 4) is 0 Å². The van der Waals surface area contributed by atoms with Crippen LogP contribution in [0.15, 0.2) is 59.9 Å². The molecule has 3 rings (SSSR count). The average Bonchev–Trinajstić information content (AvgIpc) is 2.74. The summed E-state index contributed by atoms with van der Waals surface area (Å²) in [5.41, 5.74) is 3.85. The molecule has 5 nitrogen and oxygen atoms in total. The van der Waals surface area contributed by atoms with E-state index in [1.807, 2.05) is 19.4 Å². The molecule has 0 aliphatic carbocycles. The van der Waals surface area contributed by atoms with E-state index in [1.165, 1.54) is 16.7 Å². The first-order valence-electron chi connectivity index (χ1n) is 10.1. The van der Waals surface area contributed by atoms with Crippen LogP contribution < -0.4 is 5.32 Å². The third-order valence-corrected chi connectivity index (χ3v) is 5.17. The van der Waals surface area contributed by atoms with Crippen LogP contribution in [0.2, 0.25) is 0 Å². The molecule has 1 aliphatic heterocycles. The van der Waals surface area contributed by atoms with Gasteiger partial charge in [-0.1, -0.05) is 42.5 Å². The van der Waals surface area contributed by atoms with Crippen molar-refractivity contribution in [3.05, 3.63) is 71.6 Å². The van der Waals surface area contributed by atoms with E-state index in [1.54, 1.807) is 0 Å². The molecule has 0 unspecified atom stereocenters. The maximum atomic E-state index is 4.48. The second kappa shape index (κ2) is 10.6. The molecule has 2 heterocycles. The number of nitrogens with one attached hydrogen (secondary N) is 1. The predicted octanol–water partition coefficient (Wildman–Crippen LogP) is 2.84. The molecule has 2 aromatic rings. The number of piperazine rings is 1. The Morgan fingerprint density at radius 1 is 1.14 bits per heavy atom. The topological polar surface area (TPSA) is 43.8 Å². The fraction of sp³-hybridized carbons (Fsp3) is 0.391. The van der Waals surface area contributed by atoms with Crippen LogP contribution in [0.5, 0.6) is 0 Å². The Morgan fingerprint density at radius 3 is 2.64 bits per heavy atom. The number of hydrogen-bond acceptors (Lipinski definition) is 3. The van der Waals surface area contributed by atoms with Crippen molar-refractivity contribution >= 4 is 12.0 Å². The van der Waals surface area contributed by atoms with Crippen LogP contribution in [0.25, 0.3) is 6.08 Å². The minimum Gasteiger partial charge on any atom is -0.356 e. The Hall–Kier alpha value is -2.66. The van der Waals surface area contributed by atoms with Gasteiger partial charge in [0, 0.05) is 58.7 Å². The van der Waals surface area contributed by atoms with Gasteiger partial charge in [-0.2, -0.15) is 0 Å². The summed E-state index contributed by atoms with van der Waals surface area (Å²) in [6, 6.07) is 12.6. The van der Waals surface area contributed by atoms with Gasteiger partial charge in [-0.05, 0) is 36.1 Å². The molecule has 1 aliphatic rings. The van der Waals surface area contributed by atoms with Crippen molar-refractivity contribution < 1.29 is 0 Å². The molecule has 1 aromatic carbocycles. The Bertz CT molecular complexity index is 777. The van der Waals surface area contributed by atoms with Gasteiger partial charge in [0.25, 0.3) is 0 Å². The zero-order valence-electron chi connectivity index (χ0n) is 17.0. The monoisotopic (exact) mass is 377 g/mol. The third-order valence-electron chi connectivity index (χ3n) is 5.17.